The number of nitrogens with zero attached hydrogens (tertiary/aromatic N) is 4. The van der Waals surface area contributed by atoms with E-state index in [-0.39, 0.29) is 30.3 Å². The zero-order chi connectivity index (χ0) is 26.5. The van der Waals surface area contributed by atoms with Gasteiger partial charge in [-0.1, -0.05) is 78.4 Å². The summed E-state index contributed by atoms with van der Waals surface area (Å²) in [6, 6.07) is 28.6. The van der Waals surface area contributed by atoms with E-state index in [1.54, 1.807) is 22.4 Å². The summed E-state index contributed by atoms with van der Waals surface area (Å²) in [6.45, 7) is 4.61. The summed E-state index contributed by atoms with van der Waals surface area (Å²) in [5, 5.41) is 7.88. The molecule has 0 aliphatic heterocycles. The summed E-state index contributed by atoms with van der Waals surface area (Å²) in [5.74, 6) is 0.656. The Bertz CT molecular complexity index is 1550. The second kappa shape index (κ2) is 11.3. The molecule has 0 spiro atoms. The van der Waals surface area contributed by atoms with Gasteiger partial charge in [-0.2, -0.15) is 5.10 Å². The number of hydrogen-bond donors (Lipinski definition) is 1. The predicted octanol–water partition coefficient (Wildman–Crippen LogP) is 4.93. The van der Waals surface area contributed by atoms with E-state index in [0.29, 0.717) is 23.4 Å². The molecule has 0 atom stereocenters. The van der Waals surface area contributed by atoms with Gasteiger partial charge < -0.3 is 5.32 Å². The van der Waals surface area contributed by atoms with Crippen molar-refractivity contribution in [3.63, 3.8) is 0 Å². The predicted molar refractivity (Wildman–Crippen MR) is 150 cm³/mol. The standard InChI is InChI=1S/C31H31N5O2/c1-22-13-15-26(16-14-22)36-30-28(21-33-36)31(38)35(23(2)34-30)20-18-29(37)32-19-17-27(24-9-5-3-6-10-24)25-11-7-4-8-12-25/h3-16,21,27H,17-20H2,1-2H3,(H,32,37). The molecule has 1 N–H and O–H groups in total. The van der Waals surface area contributed by atoms with E-state index in [4.69, 9.17) is 0 Å². The highest BCUT2D eigenvalue weighted by Gasteiger charge is 2.16. The summed E-state index contributed by atoms with van der Waals surface area (Å²) in [7, 11) is 0. The molecule has 7 heteroatoms. The number of fused-ring (bicyclic) bond motifs is 1. The van der Waals surface area contributed by atoms with Gasteiger partial charge in [0.2, 0.25) is 5.91 Å². The van der Waals surface area contributed by atoms with Crippen LogP contribution in [0.4, 0.5) is 0 Å². The molecule has 38 heavy (non-hydrogen) atoms. The van der Waals surface area contributed by atoms with Gasteiger partial charge in [0.15, 0.2) is 5.65 Å². The van der Waals surface area contributed by atoms with Gasteiger partial charge in [-0.15, -0.1) is 0 Å². The maximum atomic E-state index is 13.2. The molecular formula is C31H31N5O2. The van der Waals surface area contributed by atoms with Crippen molar-refractivity contribution in [2.24, 2.45) is 0 Å². The van der Waals surface area contributed by atoms with Crippen LogP contribution in [0.15, 0.2) is 95.9 Å². The molecule has 0 aliphatic carbocycles. The SMILES string of the molecule is Cc1ccc(-n2ncc3c(=O)n(CCC(=O)NCCC(c4ccccc4)c4ccccc4)c(C)nc32)cc1. The Hall–Kier alpha value is -4.52. The molecule has 2 aromatic heterocycles. The first kappa shape index (κ1) is 25.1. The van der Waals surface area contributed by atoms with E-state index in [1.165, 1.54) is 11.1 Å². The van der Waals surface area contributed by atoms with Gasteiger partial charge in [0.05, 0.1) is 11.9 Å². The Morgan fingerprint density at radius 2 is 1.53 bits per heavy atom. The average Bonchev–Trinajstić information content (AvgIpc) is 3.36. The summed E-state index contributed by atoms with van der Waals surface area (Å²) >= 11 is 0. The number of aromatic nitrogens is 4. The summed E-state index contributed by atoms with van der Waals surface area (Å²) in [4.78, 5) is 30.6. The van der Waals surface area contributed by atoms with E-state index in [9.17, 15) is 9.59 Å². The van der Waals surface area contributed by atoms with Crippen molar-refractivity contribution in [2.45, 2.75) is 39.2 Å². The highest BCUT2D eigenvalue weighted by molar-refractivity contribution is 5.76. The van der Waals surface area contributed by atoms with E-state index >= 15 is 0 Å². The van der Waals surface area contributed by atoms with Gasteiger partial charge in [-0.25, -0.2) is 9.67 Å². The number of aryl methyl sites for hydroxylation is 2. The van der Waals surface area contributed by atoms with Crippen molar-refractivity contribution in [3.05, 3.63) is 124 Å². The molecule has 5 rings (SSSR count). The highest BCUT2D eigenvalue weighted by atomic mass is 16.2. The molecule has 1 amide bonds. The topological polar surface area (TPSA) is 81.8 Å². The largest absolute Gasteiger partial charge is 0.356 e. The van der Waals surface area contributed by atoms with Crippen LogP contribution in [-0.2, 0) is 11.3 Å². The minimum absolute atomic E-state index is 0.0911. The Morgan fingerprint density at radius 3 is 2.16 bits per heavy atom. The normalized spacial score (nSPS) is 11.2. The number of nitrogens with one attached hydrogen (secondary N) is 1. The van der Waals surface area contributed by atoms with Gasteiger partial charge >= 0.3 is 0 Å². The molecule has 0 fully saturated rings. The lowest BCUT2D eigenvalue weighted by molar-refractivity contribution is -0.121. The van der Waals surface area contributed by atoms with Crippen molar-refractivity contribution in [1.82, 2.24) is 24.6 Å². The molecule has 2 heterocycles. The first-order valence-corrected chi connectivity index (χ1v) is 12.9. The molecule has 0 bridgehead atoms. The van der Waals surface area contributed by atoms with Crippen LogP contribution in [0.1, 0.15) is 41.3 Å². The zero-order valence-electron chi connectivity index (χ0n) is 21.7. The molecule has 0 unspecified atom stereocenters. The van der Waals surface area contributed by atoms with Crippen molar-refractivity contribution in [3.8, 4) is 5.69 Å². The highest BCUT2D eigenvalue weighted by Crippen LogP contribution is 2.27. The van der Waals surface area contributed by atoms with Crippen LogP contribution in [0.2, 0.25) is 0 Å². The van der Waals surface area contributed by atoms with Crippen LogP contribution in [0.3, 0.4) is 0 Å². The molecule has 0 saturated heterocycles. The van der Waals surface area contributed by atoms with Gasteiger partial charge in [0.25, 0.3) is 5.56 Å². The van der Waals surface area contributed by atoms with Gasteiger partial charge in [-0.3, -0.25) is 14.2 Å². The number of benzene rings is 3. The van der Waals surface area contributed by atoms with E-state index in [0.717, 1.165) is 17.7 Å². The number of hydrogen-bond acceptors (Lipinski definition) is 4. The Kier molecular flexibility index (Phi) is 7.45. The molecule has 0 saturated carbocycles. The van der Waals surface area contributed by atoms with Crippen molar-refractivity contribution < 1.29 is 4.79 Å². The minimum atomic E-state index is -0.188. The number of amides is 1. The monoisotopic (exact) mass is 505 g/mol. The maximum Gasteiger partial charge on any atom is 0.264 e. The fraction of sp³-hybridized carbons (Fsp3) is 0.226. The second-order valence-electron chi connectivity index (χ2n) is 9.51. The molecule has 5 aromatic rings. The number of carbonyl (C=O) groups is 1. The quantitative estimate of drug-likeness (QED) is 0.308. The lowest BCUT2D eigenvalue weighted by atomic mass is 9.88. The molecule has 7 nitrogen and oxygen atoms in total. The number of carbonyl (C=O) groups excluding carboxylic acids is 1. The van der Waals surface area contributed by atoms with Gasteiger partial charge in [-0.05, 0) is 43.5 Å². The summed E-state index contributed by atoms with van der Waals surface area (Å²) < 4.78 is 3.23. The lowest BCUT2D eigenvalue weighted by Gasteiger charge is -2.18. The Morgan fingerprint density at radius 1 is 0.895 bits per heavy atom. The molecule has 3 aromatic carbocycles. The Balaban J connectivity index is 1.24. The van der Waals surface area contributed by atoms with Crippen LogP contribution in [0.5, 0.6) is 0 Å². The molecule has 192 valence electrons. The first-order valence-electron chi connectivity index (χ1n) is 12.9. The summed E-state index contributed by atoms with van der Waals surface area (Å²) in [5.41, 5.74) is 4.77. The Labute approximate surface area is 221 Å². The van der Waals surface area contributed by atoms with Crippen LogP contribution < -0.4 is 10.9 Å². The fourth-order valence-electron chi connectivity index (χ4n) is 4.80. The van der Waals surface area contributed by atoms with Crippen molar-refractivity contribution in [2.75, 3.05) is 6.54 Å². The van der Waals surface area contributed by atoms with E-state index in [2.05, 4.69) is 39.7 Å². The zero-order valence-corrected chi connectivity index (χ0v) is 21.7. The minimum Gasteiger partial charge on any atom is -0.356 e. The molecule has 0 radical (unpaired) electrons. The first-order chi connectivity index (χ1) is 18.5. The van der Waals surface area contributed by atoms with Crippen LogP contribution >= 0.6 is 0 Å². The van der Waals surface area contributed by atoms with E-state index < -0.39 is 0 Å². The van der Waals surface area contributed by atoms with Crippen molar-refractivity contribution in [1.29, 1.82) is 0 Å². The van der Waals surface area contributed by atoms with E-state index in [1.807, 2.05) is 67.6 Å². The van der Waals surface area contributed by atoms with Gasteiger partial charge in [0.1, 0.15) is 11.2 Å². The third-order valence-corrected chi connectivity index (χ3v) is 6.88. The maximum absolute atomic E-state index is 13.2. The van der Waals surface area contributed by atoms with Crippen LogP contribution in [0.25, 0.3) is 16.7 Å². The summed E-state index contributed by atoms with van der Waals surface area (Å²) in [6.07, 6.45) is 2.53. The molecule has 0 aliphatic rings. The second-order valence-corrected chi connectivity index (χ2v) is 9.51. The lowest BCUT2D eigenvalue weighted by Crippen LogP contribution is -2.30. The fourth-order valence-corrected chi connectivity index (χ4v) is 4.80. The van der Waals surface area contributed by atoms with Gasteiger partial charge in [0, 0.05) is 25.4 Å². The third kappa shape index (κ3) is 5.42. The van der Waals surface area contributed by atoms with Crippen LogP contribution in [0, 0.1) is 13.8 Å². The average molecular weight is 506 g/mol. The number of rotatable bonds is 9. The van der Waals surface area contributed by atoms with Crippen LogP contribution in [-0.4, -0.2) is 31.8 Å². The van der Waals surface area contributed by atoms with Crippen molar-refractivity contribution >= 4 is 16.9 Å². The smallest absolute Gasteiger partial charge is 0.264 e. The molecular weight excluding hydrogens is 474 g/mol. The third-order valence-electron chi connectivity index (χ3n) is 6.88.